The quantitative estimate of drug-likeness (QED) is 0.481. The van der Waals surface area contributed by atoms with E-state index in [1.165, 1.54) is 6.07 Å². The first kappa shape index (κ1) is 16.9. The summed E-state index contributed by atoms with van der Waals surface area (Å²) in [6.45, 7) is 2.87. The van der Waals surface area contributed by atoms with Crippen molar-refractivity contribution in [2.24, 2.45) is 10.3 Å². The minimum Gasteiger partial charge on any atom is -0.315 e. The minimum absolute atomic E-state index is 0.0155. The molecule has 0 atom stereocenters. The number of H-pyrrole nitrogens is 1. The Kier molecular flexibility index (Phi) is 3.92. The highest BCUT2D eigenvalue weighted by Crippen LogP contribution is 2.39. The number of nitrogens with zero attached hydrogens (tertiary/aromatic N) is 3. The first-order valence-electron chi connectivity index (χ1n) is 6.78. The van der Waals surface area contributed by atoms with E-state index in [0.29, 0.717) is 24.2 Å². The van der Waals surface area contributed by atoms with Gasteiger partial charge in [-0.05, 0) is 29.3 Å². The fourth-order valence-corrected chi connectivity index (χ4v) is 5.01. The number of tetrazole rings is 1. The normalized spacial score (nSPS) is 16.1. The molecule has 24 heavy (non-hydrogen) atoms. The molecule has 0 bridgehead atoms. The van der Waals surface area contributed by atoms with Crippen molar-refractivity contribution < 1.29 is 16.8 Å². The molecule has 3 rings (SSSR count). The van der Waals surface area contributed by atoms with Gasteiger partial charge in [0.05, 0.1) is 0 Å². The van der Waals surface area contributed by atoms with E-state index in [0.717, 1.165) is 0 Å². The molecule has 2 aromatic rings. The van der Waals surface area contributed by atoms with Crippen LogP contribution in [0.4, 0.5) is 0 Å². The van der Waals surface area contributed by atoms with E-state index in [1.54, 1.807) is 6.92 Å². The first-order valence-corrected chi connectivity index (χ1v) is 9.87. The Morgan fingerprint density at radius 2 is 1.83 bits per heavy atom. The Balaban J connectivity index is 2.51. The third-order valence-corrected chi connectivity index (χ3v) is 5.90. The van der Waals surface area contributed by atoms with Gasteiger partial charge >= 0.3 is 0 Å². The van der Waals surface area contributed by atoms with Gasteiger partial charge in [-0.25, -0.2) is 27.1 Å². The minimum atomic E-state index is -4.43. The molecule has 11 nitrogen and oxygen atoms in total. The van der Waals surface area contributed by atoms with Crippen molar-refractivity contribution in [1.29, 1.82) is 0 Å². The van der Waals surface area contributed by atoms with Crippen LogP contribution < -0.4 is 15.6 Å². The molecule has 0 spiro atoms. The second kappa shape index (κ2) is 5.56. The van der Waals surface area contributed by atoms with E-state index in [2.05, 4.69) is 25.9 Å². The number of nitrogens with two attached hydrogens (primary N) is 2. The molecule has 0 aliphatic carbocycles. The van der Waals surface area contributed by atoms with Crippen LogP contribution in [0.5, 0.6) is 0 Å². The second-order valence-corrected chi connectivity index (χ2v) is 8.52. The van der Waals surface area contributed by atoms with Crippen LogP contribution in [0.25, 0.3) is 11.4 Å². The van der Waals surface area contributed by atoms with Gasteiger partial charge in [0, 0.05) is 24.6 Å². The predicted molar refractivity (Wildman–Crippen MR) is 82.7 cm³/mol. The van der Waals surface area contributed by atoms with Gasteiger partial charge in [0.25, 0.3) is 0 Å². The van der Waals surface area contributed by atoms with Crippen LogP contribution in [-0.4, -0.2) is 50.5 Å². The number of aryl methyl sites for hydroxylation is 1. The van der Waals surface area contributed by atoms with E-state index in [9.17, 15) is 16.8 Å². The zero-order valence-corrected chi connectivity index (χ0v) is 14.1. The maximum absolute atomic E-state index is 12.2. The lowest BCUT2D eigenvalue weighted by molar-refractivity contribution is 0.446. The summed E-state index contributed by atoms with van der Waals surface area (Å²) in [4.78, 5) is -1.20. The maximum atomic E-state index is 12.2. The highest BCUT2D eigenvalue weighted by atomic mass is 32.2. The van der Waals surface area contributed by atoms with Crippen molar-refractivity contribution in [2.75, 3.05) is 13.1 Å². The Hall–Kier alpha value is -1.93. The fourth-order valence-electron chi connectivity index (χ4n) is 2.79. The molecule has 0 saturated carbocycles. The molecule has 1 fully saturated rings. The molecule has 1 aromatic heterocycles. The summed E-state index contributed by atoms with van der Waals surface area (Å²) in [5.41, 5.74) is 1.17. The maximum Gasteiger partial charge on any atom is 0.240 e. The lowest BCUT2D eigenvalue weighted by atomic mass is 9.86. The monoisotopic (exact) mass is 373 g/mol. The Morgan fingerprint density at radius 3 is 2.25 bits per heavy atom. The summed E-state index contributed by atoms with van der Waals surface area (Å²) < 4.78 is 48.2. The molecule has 2 heterocycles. The highest BCUT2D eigenvalue weighted by molar-refractivity contribution is 7.92. The smallest absolute Gasteiger partial charge is 0.240 e. The number of nitrogens with one attached hydrogen (secondary N) is 2. The molecule has 13 heteroatoms. The number of hydrogen-bond donors (Lipinski definition) is 4. The van der Waals surface area contributed by atoms with Crippen LogP contribution in [0.2, 0.25) is 0 Å². The number of primary sulfonamides is 2. The van der Waals surface area contributed by atoms with E-state index in [-0.39, 0.29) is 17.3 Å². The van der Waals surface area contributed by atoms with E-state index >= 15 is 0 Å². The van der Waals surface area contributed by atoms with Gasteiger partial charge in [-0.3, -0.25) is 0 Å². The van der Waals surface area contributed by atoms with E-state index < -0.39 is 29.8 Å². The molecule has 1 saturated heterocycles. The average Bonchev–Trinajstić information content (AvgIpc) is 2.89. The molecule has 6 N–H and O–H groups in total. The highest BCUT2D eigenvalue weighted by Gasteiger charge is 2.35. The van der Waals surface area contributed by atoms with E-state index in [4.69, 9.17) is 10.3 Å². The van der Waals surface area contributed by atoms with Gasteiger partial charge in [0.1, 0.15) is 9.79 Å². The molecule has 1 aliphatic rings. The van der Waals surface area contributed by atoms with Crippen molar-refractivity contribution in [2.45, 2.75) is 22.6 Å². The SMILES string of the molecule is Cc1cc(S(N)(=O)=O)c(S(N)(=O)=O)c(-c2nn[nH]n2)c1C1CNC1. The molecule has 0 amide bonds. The zero-order chi connectivity index (χ0) is 17.7. The summed E-state index contributed by atoms with van der Waals surface area (Å²) in [5, 5.41) is 26.8. The molecule has 130 valence electrons. The number of sulfonamides is 2. The Morgan fingerprint density at radius 1 is 1.17 bits per heavy atom. The zero-order valence-electron chi connectivity index (χ0n) is 12.5. The standard InChI is InChI=1S/C11H15N7O4S2/c1-5-2-7(23(12,19)20)10(24(13,21)22)9(11-15-17-18-16-11)8(5)6-3-14-4-6/h2,6,14H,3-4H2,1H3,(H2,12,19,20)(H2,13,21,22)(H,15,16,17,18). The van der Waals surface area contributed by atoms with Crippen LogP contribution in [0.15, 0.2) is 15.9 Å². The number of aromatic nitrogens is 4. The summed E-state index contributed by atoms with van der Waals surface area (Å²) in [7, 11) is -8.78. The van der Waals surface area contributed by atoms with Crippen LogP contribution in [0, 0.1) is 6.92 Å². The number of hydrogen-bond acceptors (Lipinski definition) is 8. The second-order valence-electron chi connectivity index (χ2n) is 5.49. The van der Waals surface area contributed by atoms with Crippen molar-refractivity contribution >= 4 is 20.0 Å². The van der Waals surface area contributed by atoms with Crippen LogP contribution in [-0.2, 0) is 20.0 Å². The molecule has 1 aromatic carbocycles. The molecule has 1 aliphatic heterocycles. The first-order chi connectivity index (χ1) is 11.1. The van der Waals surface area contributed by atoms with Crippen LogP contribution in [0.3, 0.4) is 0 Å². The van der Waals surface area contributed by atoms with Gasteiger partial charge in [0.2, 0.25) is 25.9 Å². The Labute approximate surface area is 137 Å². The lowest BCUT2D eigenvalue weighted by Crippen LogP contribution is -2.41. The summed E-state index contributed by atoms with van der Waals surface area (Å²) in [5.74, 6) is -0.0944. The average molecular weight is 373 g/mol. The lowest BCUT2D eigenvalue weighted by Gasteiger charge is -2.31. The van der Waals surface area contributed by atoms with Crippen molar-refractivity contribution in [3.05, 3.63) is 17.2 Å². The van der Waals surface area contributed by atoms with Crippen molar-refractivity contribution in [3.63, 3.8) is 0 Å². The summed E-state index contributed by atoms with van der Waals surface area (Å²) >= 11 is 0. The van der Waals surface area contributed by atoms with Crippen molar-refractivity contribution in [1.82, 2.24) is 25.9 Å². The van der Waals surface area contributed by atoms with Gasteiger partial charge in [-0.2, -0.15) is 5.21 Å². The largest absolute Gasteiger partial charge is 0.315 e. The molecular weight excluding hydrogens is 358 g/mol. The topological polar surface area (TPSA) is 187 Å². The molecule has 0 radical (unpaired) electrons. The van der Waals surface area contributed by atoms with Crippen LogP contribution >= 0.6 is 0 Å². The van der Waals surface area contributed by atoms with Crippen LogP contribution in [0.1, 0.15) is 17.0 Å². The van der Waals surface area contributed by atoms with Gasteiger partial charge in [-0.1, -0.05) is 0 Å². The molecule has 0 unspecified atom stereocenters. The van der Waals surface area contributed by atoms with Gasteiger partial charge in [0.15, 0.2) is 0 Å². The number of aromatic amines is 1. The van der Waals surface area contributed by atoms with Crippen molar-refractivity contribution in [3.8, 4) is 11.4 Å². The number of benzene rings is 1. The summed E-state index contributed by atoms with van der Waals surface area (Å²) in [6, 6.07) is 1.21. The van der Waals surface area contributed by atoms with Gasteiger partial charge < -0.3 is 5.32 Å². The number of rotatable bonds is 4. The third kappa shape index (κ3) is 2.80. The predicted octanol–water partition coefficient (Wildman–Crippen LogP) is -1.84. The third-order valence-electron chi connectivity index (χ3n) is 3.84. The Bertz CT molecular complexity index is 995. The van der Waals surface area contributed by atoms with E-state index in [1.807, 2.05) is 0 Å². The molecular formula is C11H15N7O4S2. The summed E-state index contributed by atoms with van der Waals surface area (Å²) in [6.07, 6.45) is 0. The van der Waals surface area contributed by atoms with Gasteiger partial charge in [-0.15, -0.1) is 10.2 Å². The fraction of sp³-hybridized carbons (Fsp3) is 0.364.